The molecule has 0 radical (unpaired) electrons. The molecular formula is C18H26N2O3S. The van der Waals surface area contributed by atoms with E-state index in [4.69, 9.17) is 4.74 Å². The highest BCUT2D eigenvalue weighted by Crippen LogP contribution is 2.38. The van der Waals surface area contributed by atoms with Gasteiger partial charge in [0.05, 0.1) is 18.1 Å². The summed E-state index contributed by atoms with van der Waals surface area (Å²) in [5.74, 6) is 0.864. The topological polar surface area (TPSA) is 49.9 Å². The molecule has 132 valence electrons. The minimum atomic E-state index is -3.11. The predicted molar refractivity (Wildman–Crippen MR) is 92.7 cm³/mol. The number of piperazine rings is 1. The van der Waals surface area contributed by atoms with E-state index in [-0.39, 0.29) is 0 Å². The maximum atomic E-state index is 11.6. The van der Waals surface area contributed by atoms with Gasteiger partial charge in [-0.3, -0.25) is 9.80 Å². The minimum Gasteiger partial charge on any atom is -0.378 e. The van der Waals surface area contributed by atoms with Gasteiger partial charge in [-0.1, -0.05) is 12.1 Å². The first-order valence-electron chi connectivity index (χ1n) is 8.85. The van der Waals surface area contributed by atoms with Crippen molar-refractivity contribution in [2.45, 2.75) is 36.4 Å². The molecule has 6 heteroatoms. The smallest absolute Gasteiger partial charge is 0.175 e. The van der Waals surface area contributed by atoms with E-state index < -0.39 is 9.84 Å². The zero-order chi connectivity index (χ0) is 16.7. The predicted octanol–water partition coefficient (Wildman–Crippen LogP) is 1.39. The number of ether oxygens (including phenoxy) is 1. The zero-order valence-corrected chi connectivity index (χ0v) is 15.0. The monoisotopic (exact) mass is 350 g/mol. The fourth-order valence-corrected chi connectivity index (χ4v) is 4.70. The number of benzene rings is 1. The summed E-state index contributed by atoms with van der Waals surface area (Å²) in [7, 11) is -3.11. The molecular weight excluding hydrogens is 324 g/mol. The molecule has 0 N–H and O–H groups in total. The van der Waals surface area contributed by atoms with Crippen LogP contribution in [0, 0.1) is 5.92 Å². The summed E-state index contributed by atoms with van der Waals surface area (Å²) in [6.07, 6.45) is 3.99. The van der Waals surface area contributed by atoms with E-state index >= 15 is 0 Å². The van der Waals surface area contributed by atoms with Gasteiger partial charge in [0.25, 0.3) is 0 Å². The number of hydrogen-bond acceptors (Lipinski definition) is 5. The van der Waals surface area contributed by atoms with E-state index in [1.54, 1.807) is 12.1 Å². The molecule has 1 saturated carbocycles. The first-order valence-corrected chi connectivity index (χ1v) is 10.7. The second kappa shape index (κ2) is 6.41. The molecule has 0 spiro atoms. The van der Waals surface area contributed by atoms with Crippen molar-refractivity contribution in [3.8, 4) is 0 Å². The van der Waals surface area contributed by atoms with Gasteiger partial charge < -0.3 is 4.74 Å². The molecule has 5 nitrogen and oxygen atoms in total. The van der Waals surface area contributed by atoms with Crippen LogP contribution in [-0.2, 0) is 21.1 Å². The molecule has 2 atom stereocenters. The maximum absolute atomic E-state index is 11.6. The summed E-state index contributed by atoms with van der Waals surface area (Å²) in [5.41, 5.74) is 1.17. The van der Waals surface area contributed by atoms with Crippen molar-refractivity contribution >= 4 is 9.84 Å². The number of hydrogen-bond donors (Lipinski definition) is 0. The van der Waals surface area contributed by atoms with Crippen molar-refractivity contribution in [3.05, 3.63) is 29.8 Å². The molecule has 0 bridgehead atoms. The van der Waals surface area contributed by atoms with E-state index in [1.807, 2.05) is 12.1 Å². The van der Waals surface area contributed by atoms with Crippen LogP contribution in [0.15, 0.2) is 29.2 Å². The Morgan fingerprint density at radius 3 is 2.54 bits per heavy atom. The highest BCUT2D eigenvalue weighted by molar-refractivity contribution is 7.90. The third-order valence-electron chi connectivity index (χ3n) is 5.56. The van der Waals surface area contributed by atoms with Crippen molar-refractivity contribution in [1.82, 2.24) is 9.80 Å². The number of rotatable bonds is 4. The summed E-state index contributed by atoms with van der Waals surface area (Å²) in [4.78, 5) is 5.55. The van der Waals surface area contributed by atoms with Gasteiger partial charge in [-0.15, -0.1) is 0 Å². The van der Waals surface area contributed by atoms with Crippen LogP contribution in [0.4, 0.5) is 0 Å². The Morgan fingerprint density at radius 2 is 1.88 bits per heavy atom. The molecule has 1 aliphatic carbocycles. The van der Waals surface area contributed by atoms with Gasteiger partial charge in [-0.25, -0.2) is 8.42 Å². The van der Waals surface area contributed by atoms with Crippen LogP contribution in [0.1, 0.15) is 18.4 Å². The van der Waals surface area contributed by atoms with Gasteiger partial charge in [-0.05, 0) is 36.5 Å². The Bertz CT molecular complexity index is 685. The number of nitrogens with zero attached hydrogens (tertiary/aromatic N) is 2. The first-order chi connectivity index (χ1) is 11.5. The highest BCUT2D eigenvalue weighted by atomic mass is 32.2. The van der Waals surface area contributed by atoms with Gasteiger partial charge in [0.2, 0.25) is 0 Å². The molecule has 3 aliphatic rings. The summed E-state index contributed by atoms with van der Waals surface area (Å²) in [6, 6.07) is 8.45. The Kier molecular flexibility index (Phi) is 4.41. The molecule has 1 aromatic carbocycles. The first kappa shape index (κ1) is 16.5. The van der Waals surface area contributed by atoms with E-state index in [9.17, 15) is 8.42 Å². The van der Waals surface area contributed by atoms with E-state index in [0.717, 1.165) is 45.3 Å². The van der Waals surface area contributed by atoms with Crippen LogP contribution >= 0.6 is 0 Å². The number of morpholine rings is 1. The van der Waals surface area contributed by atoms with Gasteiger partial charge in [0, 0.05) is 44.5 Å². The Morgan fingerprint density at radius 1 is 1.12 bits per heavy atom. The van der Waals surface area contributed by atoms with Crippen LogP contribution in [0.2, 0.25) is 0 Å². The number of fused-ring (bicyclic) bond motifs is 1. The minimum absolute atomic E-state index is 0.393. The molecule has 24 heavy (non-hydrogen) atoms. The van der Waals surface area contributed by atoms with E-state index in [0.29, 0.717) is 17.0 Å². The Labute approximate surface area is 144 Å². The molecule has 0 unspecified atom stereocenters. The summed E-state index contributed by atoms with van der Waals surface area (Å²) in [6.45, 7) is 5.87. The van der Waals surface area contributed by atoms with Crippen molar-refractivity contribution in [2.75, 3.05) is 39.1 Å². The standard InChI is InChI=1S/C18H26N2O3S/c1-24(21,22)17-6-2-14(3-7-17)10-19-8-9-20-16(11-19)12-23-13-18(20)15-4-5-15/h2-3,6-7,15-16,18H,4-5,8-13H2,1H3/t16-,18-/m1/s1. The third kappa shape index (κ3) is 3.52. The normalized spacial score (nSPS) is 29.4. The SMILES string of the molecule is CS(=O)(=O)c1ccc(CN2CCN3[C@@H](COC[C@@H]3C3CC3)C2)cc1. The summed E-state index contributed by atoms with van der Waals surface area (Å²) >= 11 is 0. The fraction of sp³-hybridized carbons (Fsp3) is 0.667. The molecule has 0 aromatic heterocycles. The van der Waals surface area contributed by atoms with Gasteiger partial charge in [0.15, 0.2) is 9.84 Å². The second-order valence-electron chi connectivity index (χ2n) is 7.49. The molecule has 2 aliphatic heterocycles. The summed E-state index contributed by atoms with van der Waals surface area (Å²) in [5, 5.41) is 0. The zero-order valence-electron chi connectivity index (χ0n) is 14.2. The Balaban J connectivity index is 1.38. The molecule has 3 fully saturated rings. The van der Waals surface area contributed by atoms with Crippen molar-refractivity contribution in [1.29, 1.82) is 0 Å². The molecule has 0 amide bonds. The lowest BCUT2D eigenvalue weighted by Gasteiger charge is -2.48. The molecule has 1 aromatic rings. The third-order valence-corrected chi connectivity index (χ3v) is 6.69. The van der Waals surface area contributed by atoms with Gasteiger partial charge in [0.1, 0.15) is 0 Å². The largest absolute Gasteiger partial charge is 0.378 e. The van der Waals surface area contributed by atoms with Gasteiger partial charge >= 0.3 is 0 Å². The second-order valence-corrected chi connectivity index (χ2v) is 9.50. The Hall–Kier alpha value is -0.950. The maximum Gasteiger partial charge on any atom is 0.175 e. The van der Waals surface area contributed by atoms with Crippen LogP contribution in [-0.4, -0.2) is 69.4 Å². The summed E-state index contributed by atoms with van der Waals surface area (Å²) < 4.78 is 29.0. The van der Waals surface area contributed by atoms with Crippen molar-refractivity contribution in [3.63, 3.8) is 0 Å². The average Bonchev–Trinajstić information content (AvgIpc) is 3.38. The van der Waals surface area contributed by atoms with Crippen LogP contribution in [0.25, 0.3) is 0 Å². The van der Waals surface area contributed by atoms with Crippen LogP contribution in [0.5, 0.6) is 0 Å². The average molecular weight is 350 g/mol. The van der Waals surface area contributed by atoms with E-state index in [2.05, 4.69) is 9.80 Å². The lowest BCUT2D eigenvalue weighted by molar-refractivity contribution is -0.0880. The van der Waals surface area contributed by atoms with Crippen molar-refractivity contribution in [2.24, 2.45) is 5.92 Å². The molecule has 4 rings (SSSR count). The van der Waals surface area contributed by atoms with Crippen LogP contribution in [0.3, 0.4) is 0 Å². The van der Waals surface area contributed by atoms with E-state index in [1.165, 1.54) is 24.7 Å². The quantitative estimate of drug-likeness (QED) is 0.821. The van der Waals surface area contributed by atoms with Gasteiger partial charge in [-0.2, -0.15) is 0 Å². The molecule has 2 heterocycles. The van der Waals surface area contributed by atoms with Crippen molar-refractivity contribution < 1.29 is 13.2 Å². The highest BCUT2D eigenvalue weighted by Gasteiger charge is 2.42. The lowest BCUT2D eigenvalue weighted by Crippen LogP contribution is -2.62. The number of sulfone groups is 1. The fourth-order valence-electron chi connectivity index (χ4n) is 4.07. The lowest BCUT2D eigenvalue weighted by atomic mass is 10.0. The molecule has 2 saturated heterocycles. The van der Waals surface area contributed by atoms with Crippen LogP contribution < -0.4 is 0 Å².